The maximum absolute atomic E-state index is 10.2. The number of nitrogens with two attached hydrogens (primary N) is 1. The lowest BCUT2D eigenvalue weighted by molar-refractivity contribution is 0.418. The molecule has 0 aromatic carbocycles. The average Bonchev–Trinajstić information content (AvgIpc) is 2.04. The first kappa shape index (κ1) is 9.00. The molecule has 1 heterocycles. The summed E-state index contributed by atoms with van der Waals surface area (Å²) in [7, 11) is 0. The van der Waals surface area contributed by atoms with Gasteiger partial charge in [-0.15, -0.1) is 0 Å². The lowest BCUT2D eigenvalue weighted by Gasteiger charge is -2.18. The Kier molecular flexibility index (Phi) is 3.54. The van der Waals surface area contributed by atoms with Crippen LogP contribution < -0.4 is 11.3 Å². The molecule has 1 aliphatic rings. The van der Waals surface area contributed by atoms with Gasteiger partial charge in [0.1, 0.15) is 0 Å². The minimum atomic E-state index is -0.0532. The van der Waals surface area contributed by atoms with E-state index in [9.17, 15) is 4.79 Å². The predicted molar refractivity (Wildman–Crippen MR) is 48.9 cm³/mol. The van der Waals surface area contributed by atoms with Crippen LogP contribution in [-0.2, 0) is 0 Å². The SMILES string of the molecule is NC1CCC1.O=c1cccc[nH]1. The molecule has 0 spiro atoms. The topological polar surface area (TPSA) is 58.9 Å². The van der Waals surface area contributed by atoms with Gasteiger partial charge in [0, 0.05) is 18.3 Å². The first-order valence-corrected chi connectivity index (χ1v) is 4.18. The van der Waals surface area contributed by atoms with Crippen LogP contribution in [0.3, 0.4) is 0 Å². The van der Waals surface area contributed by atoms with Gasteiger partial charge in [-0.3, -0.25) is 4.79 Å². The van der Waals surface area contributed by atoms with Crippen LogP contribution in [0.1, 0.15) is 19.3 Å². The summed E-state index contributed by atoms with van der Waals surface area (Å²) in [5.41, 5.74) is 5.33. The van der Waals surface area contributed by atoms with Crippen molar-refractivity contribution in [2.45, 2.75) is 25.3 Å². The van der Waals surface area contributed by atoms with Gasteiger partial charge in [0.25, 0.3) is 0 Å². The molecule has 1 aliphatic carbocycles. The normalized spacial score (nSPS) is 15.8. The highest BCUT2D eigenvalue weighted by Gasteiger charge is 2.09. The number of hydrogen-bond acceptors (Lipinski definition) is 2. The van der Waals surface area contributed by atoms with E-state index in [4.69, 9.17) is 5.73 Å². The first-order valence-electron chi connectivity index (χ1n) is 4.18. The Labute approximate surface area is 71.6 Å². The quantitative estimate of drug-likeness (QED) is 0.601. The van der Waals surface area contributed by atoms with Crippen molar-refractivity contribution in [2.24, 2.45) is 5.73 Å². The van der Waals surface area contributed by atoms with E-state index in [1.165, 1.54) is 25.3 Å². The Morgan fingerprint density at radius 3 is 2.25 bits per heavy atom. The molecule has 3 N–H and O–H groups in total. The van der Waals surface area contributed by atoms with Crippen LogP contribution in [0.5, 0.6) is 0 Å². The van der Waals surface area contributed by atoms with Gasteiger partial charge in [-0.05, 0) is 18.9 Å². The molecular formula is C9H14N2O. The van der Waals surface area contributed by atoms with E-state index in [0.717, 1.165) is 0 Å². The number of aromatic amines is 1. The van der Waals surface area contributed by atoms with Crippen LogP contribution in [0.4, 0.5) is 0 Å². The van der Waals surface area contributed by atoms with Gasteiger partial charge in [-0.25, -0.2) is 0 Å². The van der Waals surface area contributed by atoms with E-state index in [0.29, 0.717) is 6.04 Å². The van der Waals surface area contributed by atoms with Crippen molar-refractivity contribution in [3.05, 3.63) is 34.7 Å². The molecule has 3 heteroatoms. The van der Waals surface area contributed by atoms with Crippen LogP contribution in [0.15, 0.2) is 29.2 Å². The first-order chi connectivity index (χ1) is 5.79. The molecule has 2 rings (SSSR count). The molecule has 0 radical (unpaired) electrons. The summed E-state index contributed by atoms with van der Waals surface area (Å²) in [6.45, 7) is 0. The zero-order valence-corrected chi connectivity index (χ0v) is 6.99. The summed E-state index contributed by atoms with van der Waals surface area (Å²) >= 11 is 0. The fourth-order valence-corrected chi connectivity index (χ4v) is 0.817. The molecule has 0 amide bonds. The van der Waals surface area contributed by atoms with E-state index in [1.807, 2.05) is 0 Å². The van der Waals surface area contributed by atoms with Crippen LogP contribution >= 0.6 is 0 Å². The number of H-pyrrole nitrogens is 1. The lowest BCUT2D eigenvalue weighted by atomic mass is 9.95. The highest BCUT2D eigenvalue weighted by molar-refractivity contribution is 4.89. The van der Waals surface area contributed by atoms with E-state index in [2.05, 4.69) is 4.98 Å². The molecule has 0 bridgehead atoms. The van der Waals surface area contributed by atoms with Crippen LogP contribution in [-0.4, -0.2) is 11.0 Å². The maximum Gasteiger partial charge on any atom is 0.247 e. The fraction of sp³-hybridized carbons (Fsp3) is 0.444. The Hall–Kier alpha value is -1.09. The number of aromatic nitrogens is 1. The summed E-state index contributed by atoms with van der Waals surface area (Å²) in [6, 6.07) is 5.50. The minimum absolute atomic E-state index is 0.0532. The summed E-state index contributed by atoms with van der Waals surface area (Å²) in [6.07, 6.45) is 5.49. The van der Waals surface area contributed by atoms with Crippen molar-refractivity contribution in [1.29, 1.82) is 0 Å². The molecule has 1 aromatic rings. The van der Waals surface area contributed by atoms with Gasteiger partial charge in [-0.1, -0.05) is 12.5 Å². The number of nitrogens with one attached hydrogen (secondary N) is 1. The van der Waals surface area contributed by atoms with Crippen LogP contribution in [0, 0.1) is 0 Å². The lowest BCUT2D eigenvalue weighted by Crippen LogP contribution is -2.27. The molecule has 0 atom stereocenters. The Morgan fingerprint density at radius 2 is 2.08 bits per heavy atom. The highest BCUT2D eigenvalue weighted by Crippen LogP contribution is 2.14. The summed E-state index contributed by atoms with van der Waals surface area (Å²) in [5.74, 6) is 0. The van der Waals surface area contributed by atoms with Crippen molar-refractivity contribution in [1.82, 2.24) is 4.98 Å². The second-order valence-corrected chi connectivity index (χ2v) is 2.92. The fourth-order valence-electron chi connectivity index (χ4n) is 0.817. The van der Waals surface area contributed by atoms with Gasteiger partial charge in [0.05, 0.1) is 0 Å². The molecule has 0 aliphatic heterocycles. The monoisotopic (exact) mass is 166 g/mol. The van der Waals surface area contributed by atoms with Crippen molar-refractivity contribution < 1.29 is 0 Å². The van der Waals surface area contributed by atoms with E-state index in [1.54, 1.807) is 18.3 Å². The molecule has 0 unspecified atom stereocenters. The third kappa shape index (κ3) is 3.34. The Bertz CT molecular complexity index is 248. The standard InChI is InChI=1S/C5H5NO.C4H9N/c7-5-3-1-2-4-6-5;5-4-2-1-3-4/h1-4H,(H,6,7);4H,1-3,5H2. The summed E-state index contributed by atoms with van der Waals surface area (Å²) in [5, 5.41) is 0. The third-order valence-corrected chi connectivity index (χ3v) is 1.83. The largest absolute Gasteiger partial charge is 0.329 e. The summed E-state index contributed by atoms with van der Waals surface area (Å²) < 4.78 is 0. The molecule has 12 heavy (non-hydrogen) atoms. The van der Waals surface area contributed by atoms with Gasteiger partial charge in [0.15, 0.2) is 0 Å². The zero-order valence-electron chi connectivity index (χ0n) is 6.99. The molecular weight excluding hydrogens is 152 g/mol. The summed E-state index contributed by atoms with van der Waals surface area (Å²) in [4.78, 5) is 12.7. The zero-order chi connectivity index (χ0) is 8.81. The van der Waals surface area contributed by atoms with Crippen LogP contribution in [0.25, 0.3) is 0 Å². The predicted octanol–water partition coefficient (Wildman–Crippen LogP) is 0.872. The van der Waals surface area contributed by atoms with E-state index < -0.39 is 0 Å². The number of pyridine rings is 1. The van der Waals surface area contributed by atoms with E-state index >= 15 is 0 Å². The second-order valence-electron chi connectivity index (χ2n) is 2.92. The number of hydrogen-bond donors (Lipinski definition) is 2. The molecule has 0 saturated heterocycles. The second kappa shape index (κ2) is 4.72. The van der Waals surface area contributed by atoms with Gasteiger partial charge in [0.2, 0.25) is 5.56 Å². The molecule has 3 nitrogen and oxygen atoms in total. The van der Waals surface area contributed by atoms with Crippen molar-refractivity contribution >= 4 is 0 Å². The van der Waals surface area contributed by atoms with Crippen LogP contribution in [0.2, 0.25) is 0 Å². The van der Waals surface area contributed by atoms with Crippen molar-refractivity contribution in [2.75, 3.05) is 0 Å². The van der Waals surface area contributed by atoms with Gasteiger partial charge < -0.3 is 10.7 Å². The minimum Gasteiger partial charge on any atom is -0.329 e. The maximum atomic E-state index is 10.2. The van der Waals surface area contributed by atoms with E-state index in [-0.39, 0.29) is 5.56 Å². The molecule has 1 saturated carbocycles. The Balaban J connectivity index is 0.000000127. The third-order valence-electron chi connectivity index (χ3n) is 1.83. The van der Waals surface area contributed by atoms with Crippen molar-refractivity contribution in [3.63, 3.8) is 0 Å². The Morgan fingerprint density at radius 1 is 1.42 bits per heavy atom. The smallest absolute Gasteiger partial charge is 0.247 e. The van der Waals surface area contributed by atoms with Crippen molar-refractivity contribution in [3.8, 4) is 0 Å². The molecule has 1 aromatic heterocycles. The number of rotatable bonds is 0. The van der Waals surface area contributed by atoms with Gasteiger partial charge >= 0.3 is 0 Å². The highest BCUT2D eigenvalue weighted by atomic mass is 16.1. The average molecular weight is 166 g/mol. The molecule has 1 fully saturated rings. The molecule has 66 valence electrons. The van der Waals surface area contributed by atoms with Gasteiger partial charge in [-0.2, -0.15) is 0 Å².